The fourth-order valence-electron chi connectivity index (χ4n) is 16.9. The Bertz CT molecular complexity index is 3380. The number of methoxy groups -OCH3 is 1. The highest BCUT2D eigenvalue weighted by Gasteiger charge is 2.69. The lowest BCUT2D eigenvalue weighted by molar-refractivity contribution is -0.292. The van der Waals surface area contributed by atoms with Crippen molar-refractivity contribution in [3.8, 4) is 11.1 Å². The molecule has 24 nitrogen and oxygen atoms in total. The molecule has 530 valence electrons. The van der Waals surface area contributed by atoms with Crippen LogP contribution in [0.5, 0.6) is 0 Å². The summed E-state index contributed by atoms with van der Waals surface area (Å²) in [4.78, 5) is 80.5. The number of ether oxygens (including phenoxy) is 11. The van der Waals surface area contributed by atoms with Gasteiger partial charge in [-0.1, -0.05) is 94.6 Å². The van der Waals surface area contributed by atoms with Gasteiger partial charge in [-0.15, -0.1) is 0 Å². The number of nitrogens with two attached hydrogens (primary N) is 1. The second-order valence-corrected chi connectivity index (χ2v) is 29.0. The first-order valence-corrected chi connectivity index (χ1v) is 35.4. The number of fused-ring (bicyclic) bond motifs is 9. The number of Topliss-reactive ketones (excluding diaryl/α,β-unsaturated/α-hetero) is 1. The molecule has 0 radical (unpaired) electrons. The number of amides is 6. The average molecular weight is 1360 g/mol. The number of primary amides is 1. The van der Waals surface area contributed by atoms with Crippen LogP contribution in [-0.4, -0.2) is 183 Å². The Balaban J connectivity index is 0.607. The molecule has 14 rings (SSSR count). The van der Waals surface area contributed by atoms with Crippen molar-refractivity contribution in [1.82, 2.24) is 21.3 Å². The van der Waals surface area contributed by atoms with Crippen molar-refractivity contribution in [1.29, 1.82) is 0 Å². The summed E-state index contributed by atoms with van der Waals surface area (Å²) in [5, 5.41) is 25.1. The highest BCUT2D eigenvalue weighted by atomic mass is 16.8. The number of anilines is 1. The van der Waals surface area contributed by atoms with Crippen molar-refractivity contribution in [2.24, 2.45) is 23.5 Å². The molecule has 10 fully saturated rings. The predicted molar refractivity (Wildman–Crippen MR) is 356 cm³/mol. The Kier molecular flexibility index (Phi) is 21.4. The van der Waals surface area contributed by atoms with Gasteiger partial charge in [-0.25, -0.2) is 14.4 Å². The Morgan fingerprint density at radius 1 is 0.704 bits per heavy atom. The lowest BCUT2D eigenvalue weighted by Crippen LogP contribution is -2.61. The summed E-state index contributed by atoms with van der Waals surface area (Å²) in [6.07, 6.45) is 0.212. The van der Waals surface area contributed by atoms with Gasteiger partial charge in [0.2, 0.25) is 11.8 Å². The molecule has 0 saturated carbocycles. The quantitative estimate of drug-likeness (QED) is 0.0444. The van der Waals surface area contributed by atoms with Crippen molar-refractivity contribution in [2.45, 2.75) is 245 Å². The summed E-state index contributed by atoms with van der Waals surface area (Å²) in [6, 6.07) is 19.6. The number of alkyl carbamates (subject to hydrolysis) is 2. The molecule has 8 N–H and O–H groups in total. The number of aliphatic hydroxyl groups excluding tert-OH is 1. The molecule has 3 aromatic carbocycles. The van der Waals surface area contributed by atoms with E-state index in [2.05, 4.69) is 46.7 Å². The lowest BCUT2D eigenvalue weighted by atomic mass is 9.81. The maximum absolute atomic E-state index is 14.6. The molecule has 98 heavy (non-hydrogen) atoms. The summed E-state index contributed by atoms with van der Waals surface area (Å²) in [7, 11) is 1.59. The Labute approximate surface area is 572 Å². The predicted octanol–water partition coefficient (Wildman–Crippen LogP) is 7.84. The molecule has 12 bridgehead atoms. The van der Waals surface area contributed by atoms with E-state index < -0.39 is 96.4 Å². The van der Waals surface area contributed by atoms with Gasteiger partial charge in [0.25, 0.3) is 0 Å². The third-order valence-electron chi connectivity index (χ3n) is 21.9. The smallest absolute Gasteiger partial charge is 0.407 e. The van der Waals surface area contributed by atoms with E-state index in [1.165, 1.54) is 0 Å². The number of hydrogen-bond donors (Lipinski definition) is 7. The molecule has 10 saturated heterocycles. The third-order valence-corrected chi connectivity index (χ3v) is 21.9. The zero-order chi connectivity index (χ0) is 68.5. The van der Waals surface area contributed by atoms with Crippen molar-refractivity contribution < 1.29 is 86.0 Å². The van der Waals surface area contributed by atoms with E-state index in [0.717, 1.165) is 65.5 Å². The summed E-state index contributed by atoms with van der Waals surface area (Å²) >= 11 is 0. The standard InChI is InChI=1S/C74H96N6O18/c1-38(2)62(80-73(87)90-37-54-51-14-9-7-12-49(51)50-13-8-10-15-52(50)54)70(84)79-55(16-11-27-76-71(75)85)69(83)78-43-19-17-42(18-20-43)36-89-72(86)77-35-45(82)32-60-63(88-6)53-31-44(81)30-47-22-24-57-64(93-47)68-67-66(95-57)65-61(96-67)34-74(97-65,98-68)26-25-48-29-40(4)56(91-48)23-21-46-28-39(3)41(5)58(92-46)33-59(53)94-60/h7-10,12-15,17-20,38-39,45-48,53-68,82H,4-5,11,16,21-37H2,1-3,6H3,(H,77,86)(H,78,83)(H,79,84)(H,80,87)(H3,75,76,85)/t39-,45+,46+,47-,48+,53+,55+,56+,57+,58-,59+,60-,61-,62+,63-,64+,65+,66+,67+,68+,74+/m1/s1. The van der Waals surface area contributed by atoms with Crippen LogP contribution in [0.2, 0.25) is 0 Å². The third kappa shape index (κ3) is 15.4. The zero-order valence-corrected chi connectivity index (χ0v) is 56.4. The number of nitrogens with one attached hydrogen (secondary N) is 5. The van der Waals surface area contributed by atoms with Gasteiger partial charge in [-0.05, 0) is 121 Å². The number of aliphatic hydroxyl groups is 1. The van der Waals surface area contributed by atoms with Crippen LogP contribution in [0.25, 0.3) is 11.1 Å². The van der Waals surface area contributed by atoms with Gasteiger partial charge in [0.15, 0.2) is 5.79 Å². The zero-order valence-electron chi connectivity index (χ0n) is 56.4. The van der Waals surface area contributed by atoms with Crippen molar-refractivity contribution in [3.63, 3.8) is 0 Å². The molecule has 10 aliphatic heterocycles. The van der Waals surface area contributed by atoms with E-state index in [1.807, 2.05) is 48.5 Å². The molecule has 3 aromatic rings. The minimum absolute atomic E-state index is 0.000318. The van der Waals surface area contributed by atoms with Gasteiger partial charge in [-0.3, -0.25) is 14.4 Å². The van der Waals surface area contributed by atoms with Gasteiger partial charge in [-0.2, -0.15) is 0 Å². The van der Waals surface area contributed by atoms with Crippen molar-refractivity contribution in [2.75, 3.05) is 32.1 Å². The Morgan fingerprint density at radius 3 is 2.15 bits per heavy atom. The van der Waals surface area contributed by atoms with Gasteiger partial charge in [0.05, 0.1) is 67.1 Å². The second-order valence-electron chi connectivity index (χ2n) is 29.0. The molecule has 11 aliphatic rings. The number of hydrogen-bond acceptors (Lipinski definition) is 18. The van der Waals surface area contributed by atoms with E-state index in [9.17, 15) is 33.9 Å². The Morgan fingerprint density at radius 2 is 1.41 bits per heavy atom. The highest BCUT2D eigenvalue weighted by Crippen LogP contribution is 2.55. The summed E-state index contributed by atoms with van der Waals surface area (Å²) in [6.45, 7) is 14.6. The maximum atomic E-state index is 14.6. The van der Waals surface area contributed by atoms with Gasteiger partial charge in [0.1, 0.15) is 61.6 Å². The summed E-state index contributed by atoms with van der Waals surface area (Å²) < 4.78 is 72.2. The van der Waals surface area contributed by atoms with E-state index in [-0.39, 0.29) is 137 Å². The molecule has 1 aliphatic carbocycles. The van der Waals surface area contributed by atoms with Gasteiger partial charge >= 0.3 is 18.2 Å². The molecule has 0 aromatic heterocycles. The number of rotatable bonds is 19. The molecule has 1 spiro atoms. The highest BCUT2D eigenvalue weighted by molar-refractivity contribution is 5.98. The molecule has 21 atom stereocenters. The van der Waals surface area contributed by atoms with Crippen LogP contribution in [0.15, 0.2) is 97.1 Å². The minimum atomic E-state index is -1.10. The molecule has 0 unspecified atom stereocenters. The number of carbonyl (C=O) groups excluding carboxylic acids is 6. The van der Waals surface area contributed by atoms with Crippen LogP contribution < -0.4 is 32.3 Å². The number of carbonyl (C=O) groups is 6. The van der Waals surface area contributed by atoms with Gasteiger partial charge in [0, 0.05) is 76.2 Å². The summed E-state index contributed by atoms with van der Waals surface area (Å²) in [5.41, 5.74) is 12.5. The van der Waals surface area contributed by atoms with E-state index in [4.69, 9.17) is 57.8 Å². The van der Waals surface area contributed by atoms with Crippen molar-refractivity contribution in [3.05, 3.63) is 114 Å². The molecule has 6 amide bonds. The average Bonchev–Trinajstić information content (AvgIpc) is 1.55. The van der Waals surface area contributed by atoms with Crippen LogP contribution in [-0.2, 0) is 73.1 Å². The monoisotopic (exact) mass is 1360 g/mol. The number of benzene rings is 3. The Hall–Kier alpha value is -6.84. The van der Waals surface area contributed by atoms with Gasteiger partial charge < -0.3 is 89.5 Å². The summed E-state index contributed by atoms with van der Waals surface area (Å²) in [5.74, 6) is -2.87. The van der Waals surface area contributed by atoms with Crippen LogP contribution in [0.4, 0.5) is 20.1 Å². The lowest BCUT2D eigenvalue weighted by Gasteiger charge is -2.47. The fourth-order valence-corrected chi connectivity index (χ4v) is 16.9. The van der Waals surface area contributed by atoms with Crippen LogP contribution in [0.1, 0.15) is 140 Å². The molecule has 10 heterocycles. The van der Waals surface area contributed by atoms with Crippen LogP contribution in [0, 0.1) is 17.8 Å². The molecular weight excluding hydrogens is 1260 g/mol. The van der Waals surface area contributed by atoms with Crippen LogP contribution >= 0.6 is 0 Å². The van der Waals surface area contributed by atoms with Crippen LogP contribution in [0.3, 0.4) is 0 Å². The van der Waals surface area contributed by atoms with E-state index in [1.54, 1.807) is 45.2 Å². The molecule has 24 heteroatoms. The fraction of sp³-hybridized carbons (Fsp3) is 0.622. The first kappa shape index (κ1) is 69.6. The SMILES string of the molecule is C=C1C[C@@H]2CC[C@@]34C[C@H]5O[C@@H]6[C@@H](O3)[C@H]3O[C@H](CC[C@@H]3O[C@H]6[C@H]5O4)CC(=O)C[C@@H]3[C@@H](OC)[C@@H](C[C@H](O)CNC(=O)OCc4ccc(NC(=O)[C@H](CCCNC(N)=O)NC(=O)[C@@H](NC(=O)OCC5c6ccccc6-c6ccccc65)C(C)C)cc4)O[C@H]3C[C@H]3O[C@@H](CC[C@@H]1O2)C[C@@H](C)C3=C. The van der Waals surface area contributed by atoms with E-state index in [0.29, 0.717) is 43.4 Å². The first-order chi connectivity index (χ1) is 47.2. The first-order valence-electron chi connectivity index (χ1n) is 35.4. The van der Waals surface area contributed by atoms with Crippen molar-refractivity contribution >= 4 is 41.5 Å². The normalized spacial score (nSPS) is 34.1. The number of urea groups is 1. The maximum Gasteiger partial charge on any atom is 0.407 e. The molecular formula is C74H96N6O18. The van der Waals surface area contributed by atoms with E-state index >= 15 is 0 Å². The second kappa shape index (κ2) is 30.2. The minimum Gasteiger partial charge on any atom is -0.449 e. The largest absolute Gasteiger partial charge is 0.449 e. The number of ketones is 1. The topological polar surface area (TPSA) is 310 Å².